The van der Waals surface area contributed by atoms with Crippen molar-refractivity contribution < 1.29 is 9.18 Å². The molecule has 4 rings (SSSR count). The minimum Gasteiger partial charge on any atom is -0.349 e. The molecule has 1 saturated heterocycles. The van der Waals surface area contributed by atoms with Crippen LogP contribution in [0.4, 0.5) is 4.39 Å². The van der Waals surface area contributed by atoms with E-state index in [0.29, 0.717) is 17.9 Å². The lowest BCUT2D eigenvalue weighted by molar-refractivity contribution is 0.0919. The van der Waals surface area contributed by atoms with Crippen molar-refractivity contribution in [1.29, 1.82) is 0 Å². The predicted octanol–water partition coefficient (Wildman–Crippen LogP) is 3.21. The largest absolute Gasteiger partial charge is 0.349 e. The standard InChI is InChI=1S/C22H27FN6O/c1-15-18(14-28(2)27-15)19-12-20(26-25-19)22(30)24-13-21(29-10-4-3-5-11-29)16-6-8-17(23)9-7-16/h6-9,12,14,21H,3-5,10-11,13H2,1-2H3,(H,24,30)(H,25,26). The molecule has 1 fully saturated rings. The number of amides is 1. The van der Waals surface area contributed by atoms with Crippen molar-refractivity contribution in [2.24, 2.45) is 7.05 Å². The van der Waals surface area contributed by atoms with Crippen molar-refractivity contribution in [3.05, 3.63) is 59.3 Å². The van der Waals surface area contributed by atoms with Gasteiger partial charge in [0, 0.05) is 25.4 Å². The van der Waals surface area contributed by atoms with E-state index in [9.17, 15) is 9.18 Å². The van der Waals surface area contributed by atoms with Crippen LogP contribution in [0.1, 0.15) is 47.1 Å². The van der Waals surface area contributed by atoms with Gasteiger partial charge in [0.1, 0.15) is 11.5 Å². The monoisotopic (exact) mass is 410 g/mol. The summed E-state index contributed by atoms with van der Waals surface area (Å²) in [5.74, 6) is -0.463. The van der Waals surface area contributed by atoms with E-state index in [-0.39, 0.29) is 17.8 Å². The fraction of sp³-hybridized carbons (Fsp3) is 0.409. The van der Waals surface area contributed by atoms with Crippen LogP contribution < -0.4 is 5.32 Å². The Morgan fingerprint density at radius 2 is 1.97 bits per heavy atom. The predicted molar refractivity (Wildman–Crippen MR) is 112 cm³/mol. The van der Waals surface area contributed by atoms with Crippen LogP contribution in [0.2, 0.25) is 0 Å². The maximum atomic E-state index is 13.4. The molecule has 1 amide bonds. The maximum Gasteiger partial charge on any atom is 0.269 e. The number of H-pyrrole nitrogens is 1. The van der Waals surface area contributed by atoms with E-state index in [2.05, 4.69) is 25.5 Å². The van der Waals surface area contributed by atoms with Gasteiger partial charge in [-0.2, -0.15) is 10.2 Å². The molecule has 1 aliphatic heterocycles. The second kappa shape index (κ2) is 8.79. The summed E-state index contributed by atoms with van der Waals surface area (Å²) >= 11 is 0. The van der Waals surface area contributed by atoms with Crippen molar-refractivity contribution in [2.75, 3.05) is 19.6 Å². The highest BCUT2D eigenvalue weighted by molar-refractivity contribution is 5.93. The Hall–Kier alpha value is -3.00. The first-order chi connectivity index (χ1) is 14.5. The SMILES string of the molecule is Cc1nn(C)cc1-c1cc(C(=O)NCC(c2ccc(F)cc2)N2CCCCC2)[nH]n1. The summed E-state index contributed by atoms with van der Waals surface area (Å²) in [7, 11) is 1.85. The van der Waals surface area contributed by atoms with Crippen LogP contribution in [0, 0.1) is 12.7 Å². The first-order valence-corrected chi connectivity index (χ1v) is 10.3. The number of aromatic nitrogens is 4. The van der Waals surface area contributed by atoms with Gasteiger partial charge in [-0.3, -0.25) is 19.5 Å². The molecule has 0 aliphatic carbocycles. The Bertz CT molecular complexity index is 1000. The Labute approximate surface area is 175 Å². The molecule has 30 heavy (non-hydrogen) atoms. The third kappa shape index (κ3) is 4.43. The van der Waals surface area contributed by atoms with Gasteiger partial charge >= 0.3 is 0 Å². The van der Waals surface area contributed by atoms with Crippen molar-refractivity contribution in [3.63, 3.8) is 0 Å². The highest BCUT2D eigenvalue weighted by Gasteiger charge is 2.23. The van der Waals surface area contributed by atoms with Crippen LogP contribution in [0.3, 0.4) is 0 Å². The van der Waals surface area contributed by atoms with E-state index < -0.39 is 0 Å². The number of carbonyl (C=O) groups excluding carboxylic acids is 1. The summed E-state index contributed by atoms with van der Waals surface area (Å²) in [4.78, 5) is 15.1. The number of rotatable bonds is 6. The fourth-order valence-electron chi connectivity index (χ4n) is 4.08. The fourth-order valence-corrected chi connectivity index (χ4v) is 4.08. The zero-order valence-corrected chi connectivity index (χ0v) is 17.4. The number of halogens is 1. The van der Waals surface area contributed by atoms with Crippen molar-refractivity contribution >= 4 is 5.91 Å². The number of aromatic amines is 1. The molecule has 8 heteroatoms. The van der Waals surface area contributed by atoms with Crippen LogP contribution in [0.25, 0.3) is 11.3 Å². The smallest absolute Gasteiger partial charge is 0.269 e. The molecule has 0 bridgehead atoms. The minimum absolute atomic E-state index is 0.0119. The van der Waals surface area contributed by atoms with Gasteiger partial charge in [0.2, 0.25) is 0 Å². The molecule has 1 atom stereocenters. The van der Waals surface area contributed by atoms with Crippen LogP contribution >= 0.6 is 0 Å². The van der Waals surface area contributed by atoms with Crippen LogP contribution in [0.5, 0.6) is 0 Å². The van der Waals surface area contributed by atoms with Crippen LogP contribution in [-0.2, 0) is 7.05 Å². The molecule has 158 valence electrons. The zero-order valence-electron chi connectivity index (χ0n) is 17.4. The summed E-state index contributed by atoms with van der Waals surface area (Å²) in [6, 6.07) is 8.32. The van der Waals surface area contributed by atoms with Crippen LogP contribution in [0.15, 0.2) is 36.5 Å². The second-order valence-electron chi connectivity index (χ2n) is 7.84. The topological polar surface area (TPSA) is 78.8 Å². The number of nitrogens with one attached hydrogen (secondary N) is 2. The Morgan fingerprint density at radius 3 is 2.63 bits per heavy atom. The number of piperidine rings is 1. The summed E-state index contributed by atoms with van der Waals surface area (Å²) < 4.78 is 15.1. The lowest BCUT2D eigenvalue weighted by atomic mass is 10.0. The third-order valence-corrected chi connectivity index (χ3v) is 5.65. The highest BCUT2D eigenvalue weighted by atomic mass is 19.1. The zero-order chi connectivity index (χ0) is 21.1. The van der Waals surface area contributed by atoms with E-state index in [1.807, 2.05) is 20.2 Å². The summed E-state index contributed by atoms with van der Waals surface area (Å²) in [6.45, 7) is 4.32. The molecule has 1 unspecified atom stereocenters. The van der Waals surface area contributed by atoms with E-state index in [4.69, 9.17) is 0 Å². The quantitative estimate of drug-likeness (QED) is 0.654. The number of likely N-dealkylation sites (tertiary alicyclic amines) is 1. The van der Waals surface area contributed by atoms with Crippen molar-refractivity contribution in [2.45, 2.75) is 32.2 Å². The van der Waals surface area contributed by atoms with Gasteiger partial charge in [0.15, 0.2) is 0 Å². The molecule has 0 saturated carbocycles. The Balaban J connectivity index is 1.47. The lowest BCUT2D eigenvalue weighted by Gasteiger charge is -2.35. The molecule has 0 radical (unpaired) electrons. The molecule has 7 nitrogen and oxygen atoms in total. The maximum absolute atomic E-state index is 13.4. The van der Waals surface area contributed by atoms with Gasteiger partial charge < -0.3 is 5.32 Å². The van der Waals surface area contributed by atoms with Gasteiger partial charge in [-0.1, -0.05) is 18.6 Å². The first-order valence-electron chi connectivity index (χ1n) is 10.3. The number of aryl methyl sites for hydroxylation is 2. The van der Waals surface area contributed by atoms with E-state index in [0.717, 1.165) is 42.8 Å². The molecule has 3 aromatic rings. The van der Waals surface area contributed by atoms with Gasteiger partial charge in [-0.25, -0.2) is 4.39 Å². The third-order valence-electron chi connectivity index (χ3n) is 5.65. The Morgan fingerprint density at radius 1 is 1.23 bits per heavy atom. The number of nitrogens with zero attached hydrogens (tertiary/aromatic N) is 4. The van der Waals surface area contributed by atoms with Gasteiger partial charge in [0.25, 0.3) is 5.91 Å². The number of carbonyl (C=O) groups is 1. The molecule has 1 aliphatic rings. The number of hydrogen-bond acceptors (Lipinski definition) is 4. The normalized spacial score (nSPS) is 15.8. The second-order valence-corrected chi connectivity index (χ2v) is 7.84. The highest BCUT2D eigenvalue weighted by Crippen LogP contribution is 2.25. The Kier molecular flexibility index (Phi) is 5.94. The molecular formula is C22H27FN6O. The molecular weight excluding hydrogens is 383 g/mol. The van der Waals surface area contributed by atoms with Gasteiger partial charge in [0.05, 0.1) is 17.4 Å². The number of benzene rings is 1. The van der Waals surface area contributed by atoms with Gasteiger partial charge in [-0.05, 0) is 56.6 Å². The minimum atomic E-state index is -0.254. The molecule has 3 heterocycles. The van der Waals surface area contributed by atoms with Crippen molar-refractivity contribution in [3.8, 4) is 11.3 Å². The van der Waals surface area contributed by atoms with E-state index in [1.54, 1.807) is 22.9 Å². The van der Waals surface area contributed by atoms with Gasteiger partial charge in [-0.15, -0.1) is 0 Å². The van der Waals surface area contributed by atoms with E-state index >= 15 is 0 Å². The molecule has 1 aromatic carbocycles. The summed E-state index contributed by atoms with van der Waals surface area (Å²) in [5, 5.41) is 14.5. The van der Waals surface area contributed by atoms with E-state index in [1.165, 1.54) is 18.6 Å². The van der Waals surface area contributed by atoms with Crippen molar-refractivity contribution in [1.82, 2.24) is 30.2 Å². The first kappa shape index (κ1) is 20.3. The average Bonchev–Trinajstić information content (AvgIpc) is 3.36. The molecule has 0 spiro atoms. The molecule has 2 N–H and O–H groups in total. The summed E-state index contributed by atoms with van der Waals surface area (Å²) in [6.07, 6.45) is 5.39. The summed E-state index contributed by atoms with van der Waals surface area (Å²) in [5.41, 5.74) is 3.86. The van der Waals surface area contributed by atoms with Crippen LogP contribution in [-0.4, -0.2) is 50.4 Å². The molecule has 2 aromatic heterocycles. The lowest BCUT2D eigenvalue weighted by Crippen LogP contribution is -2.40. The average molecular weight is 410 g/mol. The number of hydrogen-bond donors (Lipinski definition) is 2.